The minimum absolute atomic E-state index is 0.0575. The molecule has 5 rings (SSSR count). The molecular weight excluding hydrogens is 380 g/mol. The summed E-state index contributed by atoms with van der Waals surface area (Å²) in [6.45, 7) is 0. The monoisotopic (exact) mass is 402 g/mol. The minimum Gasteiger partial charge on any atom is -0.349 e. The average molecular weight is 403 g/mol. The molecule has 1 saturated carbocycles. The van der Waals surface area contributed by atoms with Gasteiger partial charge in [0.25, 0.3) is 5.91 Å². The van der Waals surface area contributed by atoms with E-state index in [1.54, 1.807) is 0 Å². The maximum absolute atomic E-state index is 12.7. The fourth-order valence-corrected chi connectivity index (χ4v) is 4.68. The van der Waals surface area contributed by atoms with Gasteiger partial charge in [-0.2, -0.15) is 0 Å². The molecule has 0 unspecified atom stereocenters. The molecule has 2 aromatic carbocycles. The van der Waals surface area contributed by atoms with E-state index in [2.05, 4.69) is 16.4 Å². The Morgan fingerprint density at radius 3 is 2.72 bits per heavy atom. The fourth-order valence-electron chi connectivity index (χ4n) is 3.87. The lowest BCUT2D eigenvalue weighted by Gasteiger charge is -2.10. The minimum atomic E-state index is -0.0575. The van der Waals surface area contributed by atoms with Crippen molar-refractivity contribution in [3.63, 3.8) is 0 Å². The van der Waals surface area contributed by atoms with Crippen LogP contribution in [0.2, 0.25) is 0 Å². The van der Waals surface area contributed by atoms with E-state index in [4.69, 9.17) is 0 Å². The number of carbonyl (C=O) groups is 2. The second-order valence-electron chi connectivity index (χ2n) is 7.82. The smallest absolute Gasteiger partial charge is 0.252 e. The van der Waals surface area contributed by atoms with E-state index < -0.39 is 0 Å². The number of amides is 1. The number of para-hydroxylation sites is 1. The molecule has 1 heterocycles. The van der Waals surface area contributed by atoms with Crippen LogP contribution in [0.4, 0.5) is 0 Å². The van der Waals surface area contributed by atoms with Gasteiger partial charge in [0, 0.05) is 17.0 Å². The van der Waals surface area contributed by atoms with E-state index in [9.17, 15) is 9.59 Å². The predicted octanol–water partition coefficient (Wildman–Crippen LogP) is 4.59. The van der Waals surface area contributed by atoms with Gasteiger partial charge in [-0.25, -0.2) is 4.98 Å². The molecule has 0 atom stereocenters. The summed E-state index contributed by atoms with van der Waals surface area (Å²) in [6, 6.07) is 15.9. The highest BCUT2D eigenvalue weighted by Gasteiger charge is 2.25. The zero-order valence-electron chi connectivity index (χ0n) is 16.1. The molecule has 0 aliphatic heterocycles. The first-order valence-electron chi connectivity index (χ1n) is 10.2. The third kappa shape index (κ3) is 3.92. The number of nitrogens with one attached hydrogen (secondary N) is 1. The molecule has 2 aliphatic carbocycles. The van der Waals surface area contributed by atoms with Crippen molar-refractivity contribution in [3.05, 3.63) is 70.8 Å². The number of hydrogen-bond acceptors (Lipinski definition) is 4. The van der Waals surface area contributed by atoms with Crippen LogP contribution in [0.5, 0.6) is 0 Å². The number of Topliss-reactive ketones (excluding diaryl/α,β-unsaturated/α-hetero) is 1. The lowest BCUT2D eigenvalue weighted by atomic mass is 10.0. The first-order valence-corrected chi connectivity index (χ1v) is 11.1. The summed E-state index contributed by atoms with van der Waals surface area (Å²) in [5.41, 5.74) is 4.87. The number of hydrogen-bond donors (Lipinski definition) is 1. The van der Waals surface area contributed by atoms with Crippen LogP contribution in [0.3, 0.4) is 0 Å². The summed E-state index contributed by atoms with van der Waals surface area (Å²) in [6.07, 6.45) is 5.45. The standard InChI is InChI=1S/C24H22N2O2S/c27-22(17-9-8-15-4-3-5-16(15)12-17)14-29-23-13-20(24(28)25-18-10-11-18)19-6-1-2-7-21(19)26-23/h1-2,6-9,12-13,18H,3-5,10-11,14H2,(H,25,28). The van der Waals surface area contributed by atoms with Crippen molar-refractivity contribution in [2.24, 2.45) is 0 Å². The van der Waals surface area contributed by atoms with Gasteiger partial charge in [0.2, 0.25) is 0 Å². The lowest BCUT2D eigenvalue weighted by Crippen LogP contribution is -2.25. The van der Waals surface area contributed by atoms with Crippen LogP contribution in [0.25, 0.3) is 10.9 Å². The molecule has 2 aliphatic rings. The summed E-state index contributed by atoms with van der Waals surface area (Å²) in [5, 5.41) is 4.62. The van der Waals surface area contributed by atoms with Crippen molar-refractivity contribution in [2.45, 2.75) is 43.2 Å². The van der Waals surface area contributed by atoms with Crippen molar-refractivity contribution < 1.29 is 9.59 Å². The number of aromatic nitrogens is 1. The third-order valence-corrected chi connectivity index (χ3v) is 6.53. The molecule has 146 valence electrons. The van der Waals surface area contributed by atoms with Gasteiger partial charge in [-0.05, 0) is 61.4 Å². The van der Waals surface area contributed by atoms with Crippen molar-refractivity contribution in [1.29, 1.82) is 0 Å². The molecule has 0 bridgehead atoms. The zero-order chi connectivity index (χ0) is 19.8. The number of ketones is 1. The Hall–Kier alpha value is -2.66. The van der Waals surface area contributed by atoms with E-state index in [0.717, 1.165) is 42.1 Å². The molecule has 0 radical (unpaired) electrons. The van der Waals surface area contributed by atoms with Crippen LogP contribution in [0.15, 0.2) is 53.6 Å². The normalized spacial score (nSPS) is 15.3. The summed E-state index contributed by atoms with van der Waals surface area (Å²) in [7, 11) is 0. The largest absolute Gasteiger partial charge is 0.349 e. The molecule has 1 amide bonds. The van der Waals surface area contributed by atoms with Crippen LogP contribution < -0.4 is 5.32 Å². The number of rotatable bonds is 6. The van der Waals surface area contributed by atoms with Gasteiger partial charge in [-0.3, -0.25) is 9.59 Å². The van der Waals surface area contributed by atoms with Gasteiger partial charge < -0.3 is 5.32 Å². The molecule has 1 aromatic heterocycles. The van der Waals surface area contributed by atoms with E-state index in [1.807, 2.05) is 42.5 Å². The molecule has 1 N–H and O–H groups in total. The maximum Gasteiger partial charge on any atom is 0.252 e. The first-order chi connectivity index (χ1) is 14.2. The Balaban J connectivity index is 1.37. The van der Waals surface area contributed by atoms with Crippen LogP contribution in [0.1, 0.15) is 51.1 Å². The number of thioether (sulfide) groups is 1. The maximum atomic E-state index is 12.7. The van der Waals surface area contributed by atoms with Crippen molar-refractivity contribution >= 4 is 34.4 Å². The van der Waals surface area contributed by atoms with Crippen LogP contribution in [-0.2, 0) is 12.8 Å². The van der Waals surface area contributed by atoms with Crippen molar-refractivity contribution in [1.82, 2.24) is 10.3 Å². The van der Waals surface area contributed by atoms with Crippen molar-refractivity contribution in [3.8, 4) is 0 Å². The number of aryl methyl sites for hydroxylation is 2. The number of nitrogens with zero attached hydrogens (tertiary/aromatic N) is 1. The third-order valence-electron chi connectivity index (χ3n) is 5.62. The number of pyridine rings is 1. The Bertz CT molecular complexity index is 1120. The number of carbonyl (C=O) groups excluding carboxylic acids is 2. The Morgan fingerprint density at radius 1 is 1.03 bits per heavy atom. The fraction of sp³-hybridized carbons (Fsp3) is 0.292. The Labute approximate surface area is 174 Å². The number of fused-ring (bicyclic) bond motifs is 2. The van der Waals surface area contributed by atoms with E-state index in [0.29, 0.717) is 22.4 Å². The summed E-state index contributed by atoms with van der Waals surface area (Å²) < 4.78 is 0. The number of benzene rings is 2. The van der Waals surface area contributed by atoms with E-state index in [-0.39, 0.29) is 11.7 Å². The van der Waals surface area contributed by atoms with Gasteiger partial charge >= 0.3 is 0 Å². The van der Waals surface area contributed by atoms with Gasteiger partial charge in [0.15, 0.2) is 5.78 Å². The van der Waals surface area contributed by atoms with Gasteiger partial charge in [-0.1, -0.05) is 42.1 Å². The van der Waals surface area contributed by atoms with Gasteiger partial charge in [0.1, 0.15) is 0 Å². The second-order valence-corrected chi connectivity index (χ2v) is 8.82. The van der Waals surface area contributed by atoms with E-state index >= 15 is 0 Å². The topological polar surface area (TPSA) is 59.1 Å². The molecule has 4 nitrogen and oxygen atoms in total. The molecule has 0 spiro atoms. The van der Waals surface area contributed by atoms with E-state index in [1.165, 1.54) is 29.3 Å². The molecular formula is C24H22N2O2S. The Kier molecular flexibility index (Phi) is 4.84. The lowest BCUT2D eigenvalue weighted by molar-refractivity contribution is 0.0951. The molecule has 1 fully saturated rings. The molecule has 29 heavy (non-hydrogen) atoms. The molecule has 3 aromatic rings. The highest BCUT2D eigenvalue weighted by molar-refractivity contribution is 7.99. The van der Waals surface area contributed by atoms with Crippen LogP contribution in [0, 0.1) is 0 Å². The highest BCUT2D eigenvalue weighted by atomic mass is 32.2. The summed E-state index contributed by atoms with van der Waals surface area (Å²) >= 11 is 1.40. The average Bonchev–Trinajstić information content (AvgIpc) is 3.43. The highest BCUT2D eigenvalue weighted by Crippen LogP contribution is 2.27. The Morgan fingerprint density at radius 2 is 1.86 bits per heavy atom. The quantitative estimate of drug-likeness (QED) is 0.484. The SMILES string of the molecule is O=C(CSc1cc(C(=O)NC2CC2)c2ccccc2n1)c1ccc2c(c1)CCC2. The summed E-state index contributed by atoms with van der Waals surface area (Å²) in [4.78, 5) is 30.1. The molecule has 5 heteroatoms. The van der Waals surface area contributed by atoms with Gasteiger partial charge in [-0.15, -0.1) is 0 Å². The second kappa shape index (κ2) is 7.64. The van der Waals surface area contributed by atoms with Crippen LogP contribution >= 0.6 is 11.8 Å². The first kappa shape index (κ1) is 18.4. The summed E-state index contributed by atoms with van der Waals surface area (Å²) in [5.74, 6) is 0.356. The van der Waals surface area contributed by atoms with Gasteiger partial charge in [0.05, 0.1) is 21.9 Å². The van der Waals surface area contributed by atoms with Crippen molar-refractivity contribution in [2.75, 3.05) is 5.75 Å². The zero-order valence-corrected chi connectivity index (χ0v) is 16.9. The predicted molar refractivity (Wildman–Crippen MR) is 116 cm³/mol. The van der Waals surface area contributed by atoms with Crippen LogP contribution in [-0.4, -0.2) is 28.5 Å². The molecule has 0 saturated heterocycles.